The molecular weight excluding hydrogens is 308 g/mol. The van der Waals surface area contributed by atoms with Gasteiger partial charge in [0, 0.05) is 5.69 Å². The predicted molar refractivity (Wildman–Crippen MR) is 103 cm³/mol. The van der Waals surface area contributed by atoms with Gasteiger partial charge in [0.05, 0.1) is 0 Å². The number of carbonyl (C=O) groups excluding carboxylic acids is 1. The first-order valence-electron chi connectivity index (χ1n) is 8.42. The average molecular weight is 332 g/mol. The Morgan fingerprint density at radius 2 is 1.64 bits per heavy atom. The van der Waals surface area contributed by atoms with Crippen LogP contribution < -0.4 is 5.32 Å². The molecule has 0 aliphatic heterocycles. The van der Waals surface area contributed by atoms with Crippen molar-refractivity contribution in [1.82, 2.24) is 0 Å². The summed E-state index contributed by atoms with van der Waals surface area (Å²) in [6.45, 7) is 10.2. The lowest BCUT2D eigenvalue weighted by Gasteiger charge is -2.12. The molecule has 0 atom stereocenters. The summed E-state index contributed by atoms with van der Waals surface area (Å²) in [5.74, 6) is 0.0646. The lowest BCUT2D eigenvalue weighted by molar-refractivity contribution is -0.112. The molecule has 0 bridgehead atoms. The Kier molecular flexibility index (Phi) is 5.77. The van der Waals surface area contributed by atoms with Crippen LogP contribution in [0.5, 0.6) is 0 Å². The molecule has 0 aliphatic rings. The summed E-state index contributed by atoms with van der Waals surface area (Å²) in [4.78, 5) is 12.5. The lowest BCUT2D eigenvalue weighted by Crippen LogP contribution is -2.15. The maximum Gasteiger partial charge on any atom is 0.266 e. The molecule has 2 aromatic rings. The predicted octanol–water partition coefficient (Wildman–Crippen LogP) is 5.28. The van der Waals surface area contributed by atoms with Gasteiger partial charge in [0.1, 0.15) is 11.6 Å². The fourth-order valence-electron chi connectivity index (χ4n) is 2.85. The van der Waals surface area contributed by atoms with Crippen molar-refractivity contribution in [3.8, 4) is 6.07 Å². The number of anilines is 1. The van der Waals surface area contributed by atoms with E-state index in [1.807, 2.05) is 63.2 Å². The molecule has 3 heteroatoms. The monoisotopic (exact) mass is 332 g/mol. The van der Waals surface area contributed by atoms with E-state index in [1.54, 1.807) is 6.08 Å². The zero-order valence-electron chi connectivity index (χ0n) is 15.5. The van der Waals surface area contributed by atoms with Crippen LogP contribution in [0, 0.1) is 32.1 Å². The van der Waals surface area contributed by atoms with Gasteiger partial charge in [0.15, 0.2) is 0 Å². The largest absolute Gasteiger partial charge is 0.321 e. The minimum Gasteiger partial charge on any atom is -0.321 e. The molecule has 1 amide bonds. The molecule has 25 heavy (non-hydrogen) atoms. The normalized spacial score (nSPS) is 11.3. The van der Waals surface area contributed by atoms with Gasteiger partial charge in [-0.05, 0) is 55.0 Å². The van der Waals surface area contributed by atoms with Crippen molar-refractivity contribution in [3.05, 3.63) is 69.8 Å². The maximum absolute atomic E-state index is 12.5. The summed E-state index contributed by atoms with van der Waals surface area (Å²) < 4.78 is 0. The molecule has 0 heterocycles. The topological polar surface area (TPSA) is 52.9 Å². The number of rotatable bonds is 4. The smallest absolute Gasteiger partial charge is 0.266 e. The fraction of sp³-hybridized carbons (Fsp3) is 0.273. The number of nitrogens with one attached hydrogen (secondary N) is 1. The molecular formula is C22H24N2O. The first kappa shape index (κ1) is 18.5. The van der Waals surface area contributed by atoms with Crippen LogP contribution in [-0.2, 0) is 4.79 Å². The van der Waals surface area contributed by atoms with Gasteiger partial charge in [-0.3, -0.25) is 4.79 Å². The van der Waals surface area contributed by atoms with Gasteiger partial charge in [0.2, 0.25) is 0 Å². The third-order valence-corrected chi connectivity index (χ3v) is 4.19. The van der Waals surface area contributed by atoms with Crippen LogP contribution in [0.2, 0.25) is 0 Å². The van der Waals surface area contributed by atoms with E-state index in [0.717, 1.165) is 27.9 Å². The van der Waals surface area contributed by atoms with Crippen molar-refractivity contribution in [2.45, 2.75) is 40.5 Å². The van der Waals surface area contributed by atoms with Gasteiger partial charge in [-0.1, -0.05) is 55.8 Å². The number of aryl methyl sites for hydroxylation is 3. The highest BCUT2D eigenvalue weighted by atomic mass is 16.1. The SMILES string of the molecule is Cc1cc(C)c(NC(=O)/C(C#N)=C/c2ccc(C(C)C)cc2)c(C)c1. The van der Waals surface area contributed by atoms with Crippen molar-refractivity contribution in [2.75, 3.05) is 5.32 Å². The Labute approximate surface area is 150 Å². The van der Waals surface area contributed by atoms with Crippen molar-refractivity contribution in [1.29, 1.82) is 5.26 Å². The highest BCUT2D eigenvalue weighted by Crippen LogP contribution is 2.23. The van der Waals surface area contributed by atoms with Gasteiger partial charge >= 0.3 is 0 Å². The summed E-state index contributed by atoms with van der Waals surface area (Å²) in [6, 6.07) is 14.0. The molecule has 0 aliphatic carbocycles. The number of hydrogen-bond donors (Lipinski definition) is 1. The average Bonchev–Trinajstić information content (AvgIpc) is 2.56. The Morgan fingerprint density at radius 3 is 2.12 bits per heavy atom. The number of amides is 1. The van der Waals surface area contributed by atoms with E-state index in [1.165, 1.54) is 5.56 Å². The molecule has 0 aromatic heterocycles. The third kappa shape index (κ3) is 4.58. The maximum atomic E-state index is 12.5. The summed E-state index contributed by atoms with van der Waals surface area (Å²) in [5.41, 5.74) is 6.06. The van der Waals surface area contributed by atoms with E-state index in [2.05, 4.69) is 19.2 Å². The minimum atomic E-state index is -0.384. The molecule has 1 N–H and O–H groups in total. The molecule has 3 nitrogen and oxygen atoms in total. The van der Waals surface area contributed by atoms with E-state index in [-0.39, 0.29) is 11.5 Å². The van der Waals surface area contributed by atoms with E-state index >= 15 is 0 Å². The standard InChI is InChI=1S/C22H24N2O/c1-14(2)19-8-6-18(7-9-19)12-20(13-23)22(25)24-21-16(4)10-15(3)11-17(21)5/h6-12,14H,1-5H3,(H,24,25)/b20-12+. The number of hydrogen-bond acceptors (Lipinski definition) is 2. The highest BCUT2D eigenvalue weighted by molar-refractivity contribution is 6.10. The Bertz CT molecular complexity index is 830. The molecule has 2 rings (SSSR count). The summed E-state index contributed by atoms with van der Waals surface area (Å²) in [7, 11) is 0. The molecule has 128 valence electrons. The van der Waals surface area contributed by atoms with Crippen molar-refractivity contribution in [3.63, 3.8) is 0 Å². The van der Waals surface area contributed by atoms with Gasteiger partial charge in [-0.15, -0.1) is 0 Å². The van der Waals surface area contributed by atoms with Crippen LogP contribution in [-0.4, -0.2) is 5.91 Å². The van der Waals surface area contributed by atoms with Crippen LogP contribution in [0.25, 0.3) is 6.08 Å². The number of carbonyl (C=O) groups is 1. The van der Waals surface area contributed by atoms with E-state index in [0.29, 0.717) is 5.92 Å². The summed E-state index contributed by atoms with van der Waals surface area (Å²) in [6.07, 6.45) is 1.62. The molecule has 0 fully saturated rings. The molecule has 0 radical (unpaired) electrons. The van der Waals surface area contributed by atoms with Crippen LogP contribution in [0.1, 0.15) is 47.6 Å². The van der Waals surface area contributed by atoms with E-state index < -0.39 is 0 Å². The zero-order chi connectivity index (χ0) is 18.6. The van der Waals surface area contributed by atoms with Gasteiger partial charge in [0.25, 0.3) is 5.91 Å². The third-order valence-electron chi connectivity index (χ3n) is 4.19. The quantitative estimate of drug-likeness (QED) is 0.611. The van der Waals surface area contributed by atoms with Gasteiger partial charge in [-0.25, -0.2) is 0 Å². The molecule has 0 spiro atoms. The molecule has 0 saturated carbocycles. The first-order chi connectivity index (χ1) is 11.8. The van der Waals surface area contributed by atoms with E-state index in [4.69, 9.17) is 0 Å². The van der Waals surface area contributed by atoms with Crippen LogP contribution in [0.15, 0.2) is 42.0 Å². The van der Waals surface area contributed by atoms with Gasteiger partial charge in [-0.2, -0.15) is 5.26 Å². The van der Waals surface area contributed by atoms with Crippen molar-refractivity contribution in [2.24, 2.45) is 0 Å². The van der Waals surface area contributed by atoms with Crippen LogP contribution in [0.4, 0.5) is 5.69 Å². The highest BCUT2D eigenvalue weighted by Gasteiger charge is 2.13. The van der Waals surface area contributed by atoms with Crippen LogP contribution in [0.3, 0.4) is 0 Å². The zero-order valence-corrected chi connectivity index (χ0v) is 15.5. The fourth-order valence-corrected chi connectivity index (χ4v) is 2.85. The molecule has 0 saturated heterocycles. The van der Waals surface area contributed by atoms with Crippen LogP contribution >= 0.6 is 0 Å². The number of nitriles is 1. The number of benzene rings is 2. The second kappa shape index (κ2) is 7.81. The molecule has 2 aromatic carbocycles. The Balaban J connectivity index is 2.26. The number of nitrogens with zero attached hydrogens (tertiary/aromatic N) is 1. The van der Waals surface area contributed by atoms with Crippen molar-refractivity contribution < 1.29 is 4.79 Å². The first-order valence-corrected chi connectivity index (χ1v) is 8.42. The summed E-state index contributed by atoms with van der Waals surface area (Å²) >= 11 is 0. The Morgan fingerprint density at radius 1 is 1.08 bits per heavy atom. The minimum absolute atomic E-state index is 0.0941. The second-order valence-corrected chi connectivity index (χ2v) is 6.72. The Hall–Kier alpha value is -2.86. The van der Waals surface area contributed by atoms with E-state index in [9.17, 15) is 10.1 Å². The molecule has 0 unspecified atom stereocenters. The second-order valence-electron chi connectivity index (χ2n) is 6.72. The van der Waals surface area contributed by atoms with Gasteiger partial charge < -0.3 is 5.32 Å². The summed E-state index contributed by atoms with van der Waals surface area (Å²) in [5, 5.41) is 12.3. The van der Waals surface area contributed by atoms with Crippen molar-refractivity contribution >= 4 is 17.7 Å². The lowest BCUT2D eigenvalue weighted by atomic mass is 10.0.